The number of hydrogen-bond acceptors (Lipinski definition) is 5. The molecule has 1 N–H and O–H groups in total. The van der Waals surface area contributed by atoms with Gasteiger partial charge in [-0.3, -0.25) is 4.79 Å². The number of likely N-dealkylation sites (N-methyl/N-ethyl adjacent to an activating group) is 1. The Morgan fingerprint density at radius 1 is 1.19 bits per heavy atom. The van der Waals surface area contributed by atoms with Crippen molar-refractivity contribution in [1.29, 1.82) is 0 Å². The van der Waals surface area contributed by atoms with Crippen LogP contribution in [-0.4, -0.2) is 58.4 Å². The first-order chi connectivity index (χ1) is 10.1. The number of ether oxygens (including phenoxy) is 2. The molecule has 0 saturated heterocycles. The van der Waals surface area contributed by atoms with E-state index in [1.807, 2.05) is 38.4 Å². The van der Waals surface area contributed by atoms with Crippen LogP contribution >= 0.6 is 0 Å². The van der Waals surface area contributed by atoms with Crippen molar-refractivity contribution in [1.82, 2.24) is 10.2 Å². The van der Waals surface area contributed by atoms with Gasteiger partial charge in [0.15, 0.2) is 0 Å². The minimum Gasteiger partial charge on any atom is -0.469 e. The highest BCUT2D eigenvalue weighted by Crippen LogP contribution is 2.09. The first-order valence-electron chi connectivity index (χ1n) is 7.20. The molecule has 5 nitrogen and oxygen atoms in total. The summed E-state index contributed by atoms with van der Waals surface area (Å²) in [6.07, 6.45) is 0.313. The molecule has 0 heterocycles. The molecule has 0 aliphatic carbocycles. The maximum atomic E-state index is 11.4. The van der Waals surface area contributed by atoms with E-state index in [0.717, 1.165) is 37.4 Å². The number of esters is 1. The van der Waals surface area contributed by atoms with Gasteiger partial charge in [0.2, 0.25) is 0 Å². The van der Waals surface area contributed by atoms with Gasteiger partial charge in [-0.05, 0) is 25.2 Å². The fourth-order valence-electron chi connectivity index (χ4n) is 1.85. The molecule has 0 atom stereocenters. The SMILES string of the molecule is COC(=O)Cc1ccccc1CNCCOCCN(C)C. The fraction of sp³-hybridized carbons (Fsp3) is 0.562. The average molecular weight is 294 g/mol. The number of nitrogens with one attached hydrogen (secondary N) is 1. The van der Waals surface area contributed by atoms with Gasteiger partial charge in [0.05, 0.1) is 26.7 Å². The maximum absolute atomic E-state index is 11.4. The van der Waals surface area contributed by atoms with Gasteiger partial charge in [0.25, 0.3) is 0 Å². The van der Waals surface area contributed by atoms with Crippen molar-refractivity contribution in [2.24, 2.45) is 0 Å². The van der Waals surface area contributed by atoms with Gasteiger partial charge in [0, 0.05) is 19.6 Å². The van der Waals surface area contributed by atoms with E-state index in [-0.39, 0.29) is 5.97 Å². The van der Waals surface area contributed by atoms with Crippen LogP contribution < -0.4 is 5.32 Å². The lowest BCUT2D eigenvalue weighted by molar-refractivity contribution is -0.139. The third-order valence-corrected chi connectivity index (χ3v) is 3.10. The lowest BCUT2D eigenvalue weighted by atomic mass is 10.0. The van der Waals surface area contributed by atoms with E-state index in [0.29, 0.717) is 13.0 Å². The molecular weight excluding hydrogens is 268 g/mol. The van der Waals surface area contributed by atoms with Crippen molar-refractivity contribution < 1.29 is 14.3 Å². The average Bonchev–Trinajstić information content (AvgIpc) is 2.47. The molecule has 0 aliphatic heterocycles. The minimum atomic E-state index is -0.213. The lowest BCUT2D eigenvalue weighted by Crippen LogP contribution is -2.23. The van der Waals surface area contributed by atoms with Crippen LogP contribution in [0.3, 0.4) is 0 Å². The summed E-state index contributed by atoms with van der Waals surface area (Å²) in [6.45, 7) is 3.88. The van der Waals surface area contributed by atoms with Crippen LogP contribution in [0.5, 0.6) is 0 Å². The number of hydrogen-bond donors (Lipinski definition) is 1. The topological polar surface area (TPSA) is 50.8 Å². The molecule has 0 amide bonds. The first-order valence-corrected chi connectivity index (χ1v) is 7.20. The van der Waals surface area contributed by atoms with Crippen LogP contribution in [0.15, 0.2) is 24.3 Å². The summed E-state index contributed by atoms with van der Waals surface area (Å²) in [6, 6.07) is 7.90. The van der Waals surface area contributed by atoms with E-state index in [2.05, 4.69) is 10.2 Å². The normalized spacial score (nSPS) is 10.9. The van der Waals surface area contributed by atoms with Gasteiger partial charge in [-0.2, -0.15) is 0 Å². The molecule has 1 aromatic carbocycles. The summed E-state index contributed by atoms with van der Waals surface area (Å²) in [4.78, 5) is 13.5. The molecule has 21 heavy (non-hydrogen) atoms. The highest BCUT2D eigenvalue weighted by molar-refractivity contribution is 5.72. The monoisotopic (exact) mass is 294 g/mol. The summed E-state index contributed by atoms with van der Waals surface area (Å²) in [5.41, 5.74) is 2.13. The summed E-state index contributed by atoms with van der Waals surface area (Å²) >= 11 is 0. The highest BCUT2D eigenvalue weighted by atomic mass is 16.5. The van der Waals surface area contributed by atoms with Gasteiger partial charge >= 0.3 is 5.97 Å². The zero-order valence-electron chi connectivity index (χ0n) is 13.2. The van der Waals surface area contributed by atoms with Gasteiger partial charge in [-0.1, -0.05) is 24.3 Å². The van der Waals surface area contributed by atoms with Crippen molar-refractivity contribution in [3.8, 4) is 0 Å². The molecule has 1 aromatic rings. The molecule has 0 unspecified atom stereocenters. The second-order valence-corrected chi connectivity index (χ2v) is 5.11. The lowest BCUT2D eigenvalue weighted by Gasteiger charge is -2.11. The van der Waals surface area contributed by atoms with E-state index < -0.39 is 0 Å². The van der Waals surface area contributed by atoms with Crippen LogP contribution in [0.2, 0.25) is 0 Å². The third-order valence-electron chi connectivity index (χ3n) is 3.10. The predicted octanol–water partition coefficient (Wildman–Crippen LogP) is 1.07. The molecule has 118 valence electrons. The van der Waals surface area contributed by atoms with Crippen molar-refractivity contribution in [2.75, 3.05) is 47.5 Å². The molecule has 0 spiro atoms. The predicted molar refractivity (Wildman–Crippen MR) is 83.2 cm³/mol. The van der Waals surface area contributed by atoms with Gasteiger partial charge < -0.3 is 19.7 Å². The summed E-state index contributed by atoms with van der Waals surface area (Å²) < 4.78 is 10.2. The molecule has 0 aliphatic rings. The van der Waals surface area contributed by atoms with E-state index in [1.54, 1.807) is 0 Å². The van der Waals surface area contributed by atoms with Gasteiger partial charge in [-0.15, -0.1) is 0 Å². The van der Waals surface area contributed by atoms with E-state index in [9.17, 15) is 4.79 Å². The molecule has 0 radical (unpaired) electrons. The Morgan fingerprint density at radius 3 is 2.57 bits per heavy atom. The molecule has 0 bridgehead atoms. The largest absolute Gasteiger partial charge is 0.469 e. The van der Waals surface area contributed by atoms with E-state index in [1.165, 1.54) is 7.11 Å². The Hall–Kier alpha value is -1.43. The fourth-order valence-corrected chi connectivity index (χ4v) is 1.85. The number of carbonyl (C=O) groups is 1. The molecule has 1 rings (SSSR count). The Morgan fingerprint density at radius 2 is 1.90 bits per heavy atom. The van der Waals surface area contributed by atoms with Crippen LogP contribution in [0.4, 0.5) is 0 Å². The Balaban J connectivity index is 2.27. The molecule has 0 saturated carbocycles. The van der Waals surface area contributed by atoms with E-state index in [4.69, 9.17) is 9.47 Å². The number of nitrogens with zero attached hydrogens (tertiary/aromatic N) is 1. The quantitative estimate of drug-likeness (QED) is 0.517. The third kappa shape index (κ3) is 7.80. The number of methoxy groups -OCH3 is 1. The first kappa shape index (κ1) is 17.6. The number of carbonyl (C=O) groups excluding carboxylic acids is 1. The number of rotatable bonds is 10. The minimum absolute atomic E-state index is 0.213. The van der Waals surface area contributed by atoms with Crippen molar-refractivity contribution in [2.45, 2.75) is 13.0 Å². The summed E-state index contributed by atoms with van der Waals surface area (Å²) in [5.74, 6) is -0.213. The Kier molecular flexibility index (Phi) is 8.66. The smallest absolute Gasteiger partial charge is 0.309 e. The highest BCUT2D eigenvalue weighted by Gasteiger charge is 2.07. The Labute approximate surface area is 127 Å². The molecular formula is C16H26N2O3. The zero-order valence-corrected chi connectivity index (χ0v) is 13.2. The van der Waals surface area contributed by atoms with Gasteiger partial charge in [-0.25, -0.2) is 0 Å². The zero-order chi connectivity index (χ0) is 15.5. The van der Waals surface area contributed by atoms with Crippen molar-refractivity contribution in [3.05, 3.63) is 35.4 Å². The summed E-state index contributed by atoms with van der Waals surface area (Å²) in [7, 11) is 5.47. The van der Waals surface area contributed by atoms with Crippen LogP contribution in [-0.2, 0) is 27.2 Å². The van der Waals surface area contributed by atoms with E-state index >= 15 is 0 Å². The van der Waals surface area contributed by atoms with Crippen LogP contribution in [0.25, 0.3) is 0 Å². The second-order valence-electron chi connectivity index (χ2n) is 5.11. The Bertz CT molecular complexity index is 422. The van der Waals surface area contributed by atoms with Crippen LogP contribution in [0, 0.1) is 0 Å². The van der Waals surface area contributed by atoms with Crippen LogP contribution in [0.1, 0.15) is 11.1 Å². The molecule has 0 aromatic heterocycles. The molecule has 5 heteroatoms. The molecule has 0 fully saturated rings. The van der Waals surface area contributed by atoms with Crippen molar-refractivity contribution in [3.63, 3.8) is 0 Å². The number of benzene rings is 1. The van der Waals surface area contributed by atoms with Crippen molar-refractivity contribution >= 4 is 5.97 Å². The maximum Gasteiger partial charge on any atom is 0.309 e. The standard InChI is InChI=1S/C16H26N2O3/c1-18(2)9-11-21-10-8-17-13-15-7-5-4-6-14(15)12-16(19)20-3/h4-7,17H,8-13H2,1-3H3. The van der Waals surface area contributed by atoms with Gasteiger partial charge in [0.1, 0.15) is 0 Å². The second kappa shape index (κ2) is 10.3. The summed E-state index contributed by atoms with van der Waals surface area (Å²) in [5, 5.41) is 3.33.